The van der Waals surface area contributed by atoms with Crippen LogP contribution in [0, 0.1) is 13.8 Å². The van der Waals surface area contributed by atoms with Crippen LogP contribution in [0.25, 0.3) is 0 Å². The minimum absolute atomic E-state index is 0.256. The third-order valence-electron chi connectivity index (χ3n) is 4.05. The van der Waals surface area contributed by atoms with Crippen LogP contribution in [0.1, 0.15) is 24.4 Å². The largest absolute Gasteiger partial charge is 0.367 e. The van der Waals surface area contributed by atoms with Crippen molar-refractivity contribution in [3.63, 3.8) is 0 Å². The Bertz CT molecular complexity index is 635. The molecule has 1 aliphatic rings. The molecule has 0 aliphatic carbocycles. The second-order valence-electron chi connectivity index (χ2n) is 5.98. The molecule has 2 aromatic rings. The first kappa shape index (κ1) is 15.6. The Hall–Kier alpha value is -2.31. The van der Waals surface area contributed by atoms with Gasteiger partial charge in [-0.3, -0.25) is 0 Å². The van der Waals surface area contributed by atoms with Crippen molar-refractivity contribution in [2.75, 3.05) is 29.9 Å². The first-order chi connectivity index (χ1) is 11.0. The number of rotatable bonds is 4. The Morgan fingerprint density at radius 1 is 1.17 bits per heavy atom. The van der Waals surface area contributed by atoms with Gasteiger partial charge in [-0.1, -0.05) is 0 Å². The highest BCUT2D eigenvalue weighted by atomic mass is 19.1. The fourth-order valence-corrected chi connectivity index (χ4v) is 2.80. The van der Waals surface area contributed by atoms with Crippen LogP contribution in [0.2, 0.25) is 0 Å². The van der Waals surface area contributed by atoms with Crippen molar-refractivity contribution in [3.8, 4) is 0 Å². The van der Waals surface area contributed by atoms with Crippen molar-refractivity contribution in [2.24, 2.45) is 0 Å². The summed E-state index contributed by atoms with van der Waals surface area (Å²) in [6, 6.07) is 3.62. The van der Waals surface area contributed by atoms with E-state index in [0.29, 0.717) is 43.5 Å². The molecule has 122 valence electrons. The van der Waals surface area contributed by atoms with Crippen LogP contribution in [-0.2, 0) is 0 Å². The second-order valence-corrected chi connectivity index (χ2v) is 5.98. The topological polar surface area (TPSA) is 66.8 Å². The number of aromatic nitrogens is 4. The molecule has 1 aliphatic heterocycles. The summed E-state index contributed by atoms with van der Waals surface area (Å²) < 4.78 is 15.0. The van der Waals surface area contributed by atoms with Gasteiger partial charge in [0, 0.05) is 50.1 Å². The molecule has 0 atom stereocenters. The second kappa shape index (κ2) is 6.44. The smallest absolute Gasteiger partial charge is 0.225 e. The lowest BCUT2D eigenvalue weighted by molar-refractivity contribution is 0.140. The fourth-order valence-electron chi connectivity index (χ4n) is 2.80. The van der Waals surface area contributed by atoms with E-state index in [1.165, 1.54) is 0 Å². The molecule has 2 aromatic heterocycles. The molecular weight excluding hydrogens is 295 g/mol. The van der Waals surface area contributed by atoms with E-state index in [-0.39, 0.29) is 6.54 Å². The monoisotopic (exact) mass is 316 g/mol. The lowest BCUT2D eigenvalue weighted by atomic mass is 9.93. The van der Waals surface area contributed by atoms with Crippen molar-refractivity contribution < 1.29 is 4.39 Å². The molecule has 0 saturated carbocycles. The fraction of sp³-hybridized carbons (Fsp3) is 0.500. The number of hydrogen-bond acceptors (Lipinski definition) is 6. The summed E-state index contributed by atoms with van der Waals surface area (Å²) >= 11 is 0. The van der Waals surface area contributed by atoms with Crippen LogP contribution in [0.5, 0.6) is 0 Å². The predicted molar refractivity (Wildman–Crippen MR) is 87.3 cm³/mol. The zero-order valence-corrected chi connectivity index (χ0v) is 13.5. The molecule has 0 unspecified atom stereocenters. The van der Waals surface area contributed by atoms with Crippen LogP contribution < -0.4 is 10.2 Å². The summed E-state index contributed by atoms with van der Waals surface area (Å²) in [4.78, 5) is 19.0. The molecule has 0 bridgehead atoms. The molecular formula is C16H21FN6. The number of anilines is 2. The first-order valence-corrected chi connectivity index (χ1v) is 7.81. The summed E-state index contributed by atoms with van der Waals surface area (Å²) in [5.74, 6) is 2.04. The Kier molecular flexibility index (Phi) is 4.36. The third-order valence-corrected chi connectivity index (χ3v) is 4.05. The summed E-state index contributed by atoms with van der Waals surface area (Å²) in [5.41, 5.74) is -0.359. The quantitative estimate of drug-likeness (QED) is 0.933. The van der Waals surface area contributed by atoms with Crippen molar-refractivity contribution in [1.82, 2.24) is 19.9 Å². The van der Waals surface area contributed by atoms with Crippen molar-refractivity contribution >= 4 is 11.8 Å². The van der Waals surface area contributed by atoms with Crippen molar-refractivity contribution in [2.45, 2.75) is 32.4 Å². The van der Waals surface area contributed by atoms with Gasteiger partial charge in [0.25, 0.3) is 0 Å². The van der Waals surface area contributed by atoms with Crippen LogP contribution >= 0.6 is 0 Å². The lowest BCUT2D eigenvalue weighted by Crippen LogP contribution is -2.46. The van der Waals surface area contributed by atoms with Gasteiger partial charge >= 0.3 is 0 Å². The van der Waals surface area contributed by atoms with E-state index in [1.807, 2.05) is 24.8 Å². The maximum Gasteiger partial charge on any atom is 0.225 e. The highest BCUT2D eigenvalue weighted by Crippen LogP contribution is 2.28. The Labute approximate surface area is 135 Å². The van der Waals surface area contributed by atoms with Crippen LogP contribution in [0.3, 0.4) is 0 Å². The Balaban J connectivity index is 1.57. The zero-order chi connectivity index (χ0) is 16.3. The maximum absolute atomic E-state index is 15.0. The van der Waals surface area contributed by atoms with Gasteiger partial charge in [-0.2, -0.15) is 0 Å². The van der Waals surface area contributed by atoms with Gasteiger partial charge in [-0.05, 0) is 19.9 Å². The number of nitrogens with zero attached hydrogens (tertiary/aromatic N) is 5. The Morgan fingerprint density at radius 2 is 1.87 bits per heavy atom. The molecule has 1 saturated heterocycles. The first-order valence-electron chi connectivity index (χ1n) is 7.81. The molecule has 0 spiro atoms. The van der Waals surface area contributed by atoms with E-state index in [2.05, 4.69) is 25.3 Å². The standard InChI is InChI=1S/C16H21FN6/c1-12-10-14(22-13(2)21-12)20-11-16(17)4-8-23(9-5-16)15-18-6-3-7-19-15/h3,6-7,10H,4-5,8-9,11H2,1-2H3,(H,20,21,22). The molecule has 3 rings (SSSR count). The number of nitrogens with one attached hydrogen (secondary N) is 1. The van der Waals surface area contributed by atoms with Gasteiger partial charge in [0.2, 0.25) is 5.95 Å². The molecule has 1 fully saturated rings. The molecule has 0 aromatic carbocycles. The average Bonchev–Trinajstić information content (AvgIpc) is 2.54. The molecule has 0 amide bonds. The summed E-state index contributed by atoms with van der Waals surface area (Å²) in [6.07, 6.45) is 4.31. The molecule has 7 heteroatoms. The number of piperidine rings is 1. The van der Waals surface area contributed by atoms with Crippen molar-refractivity contribution in [3.05, 3.63) is 36.0 Å². The average molecular weight is 316 g/mol. The van der Waals surface area contributed by atoms with Gasteiger partial charge in [0.15, 0.2) is 0 Å². The van der Waals surface area contributed by atoms with Crippen LogP contribution in [0.15, 0.2) is 24.5 Å². The van der Waals surface area contributed by atoms with E-state index in [9.17, 15) is 4.39 Å². The molecule has 3 heterocycles. The van der Waals surface area contributed by atoms with E-state index in [1.54, 1.807) is 18.5 Å². The number of aryl methyl sites for hydroxylation is 2. The summed E-state index contributed by atoms with van der Waals surface area (Å²) in [7, 11) is 0. The Morgan fingerprint density at radius 3 is 2.52 bits per heavy atom. The number of halogens is 1. The van der Waals surface area contributed by atoms with Gasteiger partial charge in [0.05, 0.1) is 6.54 Å². The predicted octanol–water partition coefficient (Wildman–Crippen LogP) is 2.30. The maximum atomic E-state index is 15.0. The summed E-state index contributed by atoms with van der Waals surface area (Å²) in [5, 5.41) is 3.12. The van der Waals surface area contributed by atoms with Gasteiger partial charge in [0.1, 0.15) is 17.3 Å². The zero-order valence-electron chi connectivity index (χ0n) is 13.5. The molecule has 6 nitrogen and oxygen atoms in total. The minimum Gasteiger partial charge on any atom is -0.367 e. The highest BCUT2D eigenvalue weighted by Gasteiger charge is 2.35. The van der Waals surface area contributed by atoms with E-state index in [0.717, 1.165) is 5.69 Å². The summed E-state index contributed by atoms with van der Waals surface area (Å²) in [6.45, 7) is 5.23. The van der Waals surface area contributed by atoms with Gasteiger partial charge < -0.3 is 10.2 Å². The molecule has 1 N–H and O–H groups in total. The van der Waals surface area contributed by atoms with Crippen LogP contribution in [0.4, 0.5) is 16.2 Å². The van der Waals surface area contributed by atoms with E-state index >= 15 is 0 Å². The SMILES string of the molecule is Cc1cc(NCC2(F)CCN(c3ncccn3)CC2)nc(C)n1. The number of hydrogen-bond donors (Lipinski definition) is 1. The van der Waals surface area contributed by atoms with Crippen LogP contribution in [-0.4, -0.2) is 45.2 Å². The third kappa shape index (κ3) is 3.91. The lowest BCUT2D eigenvalue weighted by Gasteiger charge is -2.36. The number of alkyl halides is 1. The van der Waals surface area contributed by atoms with Crippen molar-refractivity contribution in [1.29, 1.82) is 0 Å². The van der Waals surface area contributed by atoms with Gasteiger partial charge in [-0.25, -0.2) is 24.3 Å². The van der Waals surface area contributed by atoms with Gasteiger partial charge in [-0.15, -0.1) is 0 Å². The normalized spacial score (nSPS) is 17.1. The molecule has 0 radical (unpaired) electrons. The van der Waals surface area contributed by atoms with E-state index in [4.69, 9.17) is 0 Å². The minimum atomic E-state index is -1.24. The highest BCUT2D eigenvalue weighted by molar-refractivity contribution is 5.37. The van der Waals surface area contributed by atoms with E-state index < -0.39 is 5.67 Å². The molecule has 23 heavy (non-hydrogen) atoms.